The average molecular weight is 239 g/mol. The Balaban J connectivity index is 2.71. The Morgan fingerprint density at radius 2 is 2.31 bits per heavy atom. The van der Waals surface area contributed by atoms with Crippen molar-refractivity contribution in [2.75, 3.05) is 5.75 Å². The molecule has 0 atom stereocenters. The van der Waals surface area contributed by atoms with Crippen molar-refractivity contribution in [1.82, 2.24) is 0 Å². The van der Waals surface area contributed by atoms with Gasteiger partial charge in [0.25, 0.3) is 0 Å². The summed E-state index contributed by atoms with van der Waals surface area (Å²) in [5.74, 6) is 0.312. The lowest BCUT2D eigenvalue weighted by molar-refractivity contribution is -0.109. The van der Waals surface area contributed by atoms with Crippen LogP contribution in [-0.2, 0) is 11.3 Å². The number of nitrogens with two attached hydrogens (primary N) is 1. The molecular formula is C12H14FNOS. The molecule has 0 radical (unpaired) electrons. The van der Waals surface area contributed by atoms with Crippen LogP contribution >= 0.6 is 11.8 Å². The van der Waals surface area contributed by atoms with E-state index < -0.39 is 0 Å². The second-order valence-electron chi connectivity index (χ2n) is 3.25. The van der Waals surface area contributed by atoms with Crippen molar-refractivity contribution < 1.29 is 9.18 Å². The van der Waals surface area contributed by atoms with E-state index in [9.17, 15) is 9.18 Å². The summed E-state index contributed by atoms with van der Waals surface area (Å²) < 4.78 is 13.0. The Morgan fingerprint density at radius 1 is 1.56 bits per heavy atom. The maximum atomic E-state index is 13.0. The van der Waals surface area contributed by atoms with Gasteiger partial charge in [0.1, 0.15) is 5.82 Å². The van der Waals surface area contributed by atoms with E-state index in [4.69, 9.17) is 5.73 Å². The molecule has 0 bridgehead atoms. The molecule has 4 heteroatoms. The number of halogens is 1. The second-order valence-corrected chi connectivity index (χ2v) is 4.45. The van der Waals surface area contributed by atoms with Crippen LogP contribution in [0, 0.1) is 5.82 Å². The third-order valence-corrected chi connectivity index (χ3v) is 2.77. The lowest BCUT2D eigenvalue weighted by Crippen LogP contribution is -1.99. The average Bonchev–Trinajstić information content (AvgIpc) is 2.24. The van der Waals surface area contributed by atoms with Gasteiger partial charge in [-0.25, -0.2) is 4.39 Å². The number of thioether (sulfide) groups is 1. The molecule has 2 N–H and O–H groups in total. The van der Waals surface area contributed by atoms with Crippen LogP contribution in [0.2, 0.25) is 0 Å². The molecule has 86 valence electrons. The first-order valence-corrected chi connectivity index (χ1v) is 5.90. The van der Waals surface area contributed by atoms with Gasteiger partial charge in [-0.05, 0) is 23.3 Å². The van der Waals surface area contributed by atoms with Crippen LogP contribution in [0.25, 0.3) is 6.08 Å². The zero-order valence-electron chi connectivity index (χ0n) is 9.07. The van der Waals surface area contributed by atoms with Crippen LogP contribution in [0.15, 0.2) is 24.3 Å². The molecule has 0 saturated heterocycles. The van der Waals surface area contributed by atoms with Crippen molar-refractivity contribution in [2.24, 2.45) is 5.73 Å². The minimum absolute atomic E-state index is 0.0722. The lowest BCUT2D eigenvalue weighted by Gasteiger charge is -2.02. The predicted octanol–water partition coefficient (Wildman–Crippen LogP) is 2.58. The zero-order chi connectivity index (χ0) is 12.0. The van der Waals surface area contributed by atoms with Gasteiger partial charge in [0, 0.05) is 19.2 Å². The number of carbonyl (C=O) groups excluding carboxylic acids is 1. The molecule has 0 aromatic heterocycles. The molecule has 16 heavy (non-hydrogen) atoms. The SMILES string of the molecule is CC(=O)SCC=Cc1cc(F)ccc1CN. The quantitative estimate of drug-likeness (QED) is 0.878. The van der Waals surface area contributed by atoms with Gasteiger partial charge in [-0.15, -0.1) is 0 Å². The topological polar surface area (TPSA) is 43.1 Å². The van der Waals surface area contributed by atoms with Crippen molar-refractivity contribution >= 4 is 23.0 Å². The van der Waals surface area contributed by atoms with E-state index in [1.165, 1.54) is 30.8 Å². The smallest absolute Gasteiger partial charge is 0.186 e. The summed E-state index contributed by atoms with van der Waals surface area (Å²) >= 11 is 1.22. The first-order valence-electron chi connectivity index (χ1n) is 4.92. The van der Waals surface area contributed by atoms with Gasteiger partial charge >= 0.3 is 0 Å². The fraction of sp³-hybridized carbons (Fsp3) is 0.250. The summed E-state index contributed by atoms with van der Waals surface area (Å²) in [5.41, 5.74) is 7.20. The van der Waals surface area contributed by atoms with Gasteiger partial charge in [-0.1, -0.05) is 30.0 Å². The first kappa shape index (κ1) is 12.9. The molecule has 2 nitrogen and oxygen atoms in total. The molecule has 0 aliphatic carbocycles. The summed E-state index contributed by atoms with van der Waals surface area (Å²) in [5, 5.41) is 0.0722. The highest BCUT2D eigenvalue weighted by Crippen LogP contribution is 2.13. The molecule has 0 heterocycles. The number of hydrogen-bond donors (Lipinski definition) is 1. The Kier molecular flexibility index (Phi) is 5.22. The van der Waals surface area contributed by atoms with Crippen LogP contribution < -0.4 is 5.73 Å². The largest absolute Gasteiger partial charge is 0.326 e. The van der Waals surface area contributed by atoms with E-state index >= 15 is 0 Å². The molecule has 0 unspecified atom stereocenters. The lowest BCUT2D eigenvalue weighted by atomic mass is 10.1. The minimum atomic E-state index is -0.281. The third kappa shape index (κ3) is 4.16. The normalized spacial score (nSPS) is 10.9. The van der Waals surface area contributed by atoms with Crippen LogP contribution in [0.1, 0.15) is 18.1 Å². The number of rotatable bonds is 4. The summed E-state index contributed by atoms with van der Waals surface area (Å²) in [4.78, 5) is 10.7. The molecular weight excluding hydrogens is 225 g/mol. The van der Waals surface area contributed by atoms with E-state index in [2.05, 4.69) is 0 Å². The van der Waals surface area contributed by atoms with Gasteiger partial charge < -0.3 is 5.73 Å². The molecule has 0 fully saturated rings. The van der Waals surface area contributed by atoms with Crippen LogP contribution in [0.5, 0.6) is 0 Å². The Labute approximate surface area is 98.7 Å². The van der Waals surface area contributed by atoms with Crippen molar-refractivity contribution in [2.45, 2.75) is 13.5 Å². The van der Waals surface area contributed by atoms with Crippen molar-refractivity contribution in [3.63, 3.8) is 0 Å². The predicted molar refractivity (Wildman–Crippen MR) is 66.5 cm³/mol. The van der Waals surface area contributed by atoms with Crippen LogP contribution in [0.4, 0.5) is 4.39 Å². The molecule has 0 aliphatic heterocycles. The van der Waals surface area contributed by atoms with Crippen LogP contribution in [0.3, 0.4) is 0 Å². The van der Waals surface area contributed by atoms with Gasteiger partial charge in [-0.2, -0.15) is 0 Å². The fourth-order valence-electron chi connectivity index (χ4n) is 1.25. The summed E-state index contributed by atoms with van der Waals surface area (Å²) in [6, 6.07) is 4.51. The first-order chi connectivity index (χ1) is 7.63. The summed E-state index contributed by atoms with van der Waals surface area (Å²) in [6.07, 6.45) is 3.63. The number of benzene rings is 1. The highest BCUT2D eigenvalue weighted by molar-refractivity contribution is 8.13. The Bertz CT molecular complexity index is 404. The highest BCUT2D eigenvalue weighted by atomic mass is 32.2. The van der Waals surface area contributed by atoms with E-state index in [0.717, 1.165) is 11.1 Å². The Hall–Kier alpha value is -1.13. The molecule has 0 aliphatic rings. The van der Waals surface area contributed by atoms with Crippen LogP contribution in [-0.4, -0.2) is 10.9 Å². The molecule has 0 spiro atoms. The minimum Gasteiger partial charge on any atom is -0.326 e. The molecule has 0 amide bonds. The van der Waals surface area contributed by atoms with E-state index in [1.807, 2.05) is 6.08 Å². The summed E-state index contributed by atoms with van der Waals surface area (Å²) in [7, 11) is 0. The van der Waals surface area contributed by atoms with E-state index in [1.54, 1.807) is 12.1 Å². The highest BCUT2D eigenvalue weighted by Gasteiger charge is 1.99. The zero-order valence-corrected chi connectivity index (χ0v) is 9.89. The van der Waals surface area contributed by atoms with E-state index in [0.29, 0.717) is 12.3 Å². The monoisotopic (exact) mass is 239 g/mol. The maximum Gasteiger partial charge on any atom is 0.186 e. The van der Waals surface area contributed by atoms with Crippen molar-refractivity contribution in [3.05, 3.63) is 41.2 Å². The van der Waals surface area contributed by atoms with Crippen molar-refractivity contribution in [1.29, 1.82) is 0 Å². The van der Waals surface area contributed by atoms with E-state index in [-0.39, 0.29) is 10.9 Å². The second kappa shape index (κ2) is 6.45. The van der Waals surface area contributed by atoms with Gasteiger partial charge in [0.2, 0.25) is 0 Å². The Morgan fingerprint density at radius 3 is 2.94 bits per heavy atom. The number of hydrogen-bond acceptors (Lipinski definition) is 3. The maximum absolute atomic E-state index is 13.0. The fourth-order valence-corrected chi connectivity index (χ4v) is 1.67. The van der Waals surface area contributed by atoms with Crippen molar-refractivity contribution in [3.8, 4) is 0 Å². The van der Waals surface area contributed by atoms with Gasteiger partial charge in [0.05, 0.1) is 0 Å². The van der Waals surface area contributed by atoms with Gasteiger partial charge in [0.15, 0.2) is 5.12 Å². The molecule has 1 aromatic carbocycles. The molecule has 1 rings (SSSR count). The molecule has 0 saturated carbocycles. The standard InChI is InChI=1S/C12H14FNOS/c1-9(15)16-6-2-3-10-7-12(13)5-4-11(10)8-14/h2-5,7H,6,8,14H2,1H3. The number of carbonyl (C=O) groups is 1. The summed E-state index contributed by atoms with van der Waals surface area (Å²) in [6.45, 7) is 1.89. The third-order valence-electron chi connectivity index (χ3n) is 2.01. The molecule has 1 aromatic rings. The van der Waals surface area contributed by atoms with Gasteiger partial charge in [-0.3, -0.25) is 4.79 Å².